The zero-order chi connectivity index (χ0) is 16.8. The third kappa shape index (κ3) is 3.71. The summed E-state index contributed by atoms with van der Waals surface area (Å²) < 4.78 is 18.5. The number of halogens is 1. The first-order valence-corrected chi connectivity index (χ1v) is 6.84. The van der Waals surface area contributed by atoms with Crippen molar-refractivity contribution in [3.63, 3.8) is 0 Å². The third-order valence-electron chi connectivity index (χ3n) is 3.02. The maximum atomic E-state index is 13.6. The summed E-state index contributed by atoms with van der Waals surface area (Å²) in [5, 5.41) is 8.90. The van der Waals surface area contributed by atoms with Crippen LogP contribution in [0.3, 0.4) is 0 Å². The number of hydrogen-bond acceptors (Lipinski definition) is 4. The molecule has 1 heterocycles. The van der Waals surface area contributed by atoms with E-state index in [1.54, 1.807) is 31.2 Å². The number of nitriles is 1. The van der Waals surface area contributed by atoms with Crippen LogP contribution in [0.15, 0.2) is 35.1 Å². The lowest BCUT2D eigenvalue weighted by atomic mass is 10.1. The molecular weight excluding hydrogens is 299 g/mol. The van der Waals surface area contributed by atoms with Gasteiger partial charge in [0.2, 0.25) is 0 Å². The molecule has 116 valence electrons. The minimum absolute atomic E-state index is 0.0376. The number of hydrogen-bond donors (Lipinski definition) is 1. The zero-order valence-corrected chi connectivity index (χ0v) is 12.3. The van der Waals surface area contributed by atoms with Gasteiger partial charge in [-0.3, -0.25) is 4.79 Å². The zero-order valence-electron chi connectivity index (χ0n) is 12.3. The fourth-order valence-electron chi connectivity index (χ4n) is 1.92. The predicted octanol–water partition coefficient (Wildman–Crippen LogP) is 2.73. The monoisotopic (exact) mass is 312 g/mol. The number of nitrogens with zero attached hydrogens (tertiary/aromatic N) is 1. The second-order valence-corrected chi connectivity index (χ2v) is 4.53. The highest BCUT2D eigenvalue weighted by molar-refractivity contribution is 5.94. The van der Waals surface area contributed by atoms with Crippen molar-refractivity contribution >= 4 is 18.1 Å². The number of pyridine rings is 1. The molecule has 5 nitrogen and oxygen atoms in total. The molecule has 1 N–H and O–H groups in total. The Hall–Kier alpha value is -3.20. The molecule has 2 aromatic rings. The van der Waals surface area contributed by atoms with E-state index in [1.807, 2.05) is 0 Å². The Morgan fingerprint density at radius 3 is 2.78 bits per heavy atom. The lowest BCUT2D eigenvalue weighted by Gasteiger charge is -2.06. The molecule has 0 spiro atoms. The molecule has 0 saturated carbocycles. The number of carbonyl (C=O) groups is 1. The van der Waals surface area contributed by atoms with Gasteiger partial charge in [0.05, 0.1) is 17.9 Å². The van der Waals surface area contributed by atoms with E-state index < -0.39 is 17.3 Å². The molecule has 0 bridgehead atoms. The van der Waals surface area contributed by atoms with Crippen molar-refractivity contribution in [1.82, 2.24) is 4.98 Å². The Bertz CT molecular complexity index is 863. The summed E-state index contributed by atoms with van der Waals surface area (Å²) in [7, 11) is 0. The molecule has 2 rings (SSSR count). The third-order valence-corrected chi connectivity index (χ3v) is 3.02. The number of nitrogens with one attached hydrogen (secondary N) is 1. The van der Waals surface area contributed by atoms with Crippen molar-refractivity contribution in [2.75, 3.05) is 6.61 Å². The van der Waals surface area contributed by atoms with Gasteiger partial charge < -0.3 is 9.72 Å². The number of ether oxygens (including phenoxy) is 1. The van der Waals surface area contributed by atoms with Crippen molar-refractivity contribution in [2.45, 2.75) is 6.92 Å². The maximum Gasteiger partial charge on any atom is 0.340 e. The van der Waals surface area contributed by atoms with Crippen LogP contribution in [-0.2, 0) is 4.74 Å². The molecule has 0 saturated heterocycles. The largest absolute Gasteiger partial charge is 0.462 e. The number of aromatic amines is 1. The van der Waals surface area contributed by atoms with E-state index >= 15 is 0 Å². The van der Waals surface area contributed by atoms with Crippen molar-refractivity contribution in [3.05, 3.63) is 68.9 Å². The lowest BCUT2D eigenvalue weighted by Crippen LogP contribution is -2.17. The van der Waals surface area contributed by atoms with Gasteiger partial charge in [-0.15, -0.1) is 0 Å². The molecule has 0 unspecified atom stereocenters. The number of rotatable bonds is 4. The summed E-state index contributed by atoms with van der Waals surface area (Å²) >= 11 is 0. The van der Waals surface area contributed by atoms with Gasteiger partial charge >= 0.3 is 5.97 Å². The van der Waals surface area contributed by atoms with E-state index in [0.717, 1.165) is 6.07 Å². The number of benzene rings is 1. The summed E-state index contributed by atoms with van der Waals surface area (Å²) in [6, 6.07) is 8.94. The van der Waals surface area contributed by atoms with E-state index in [0.29, 0.717) is 5.56 Å². The minimum Gasteiger partial charge on any atom is -0.462 e. The van der Waals surface area contributed by atoms with Gasteiger partial charge in [0.25, 0.3) is 5.56 Å². The van der Waals surface area contributed by atoms with Crippen molar-refractivity contribution in [2.24, 2.45) is 0 Å². The molecule has 6 heteroatoms. The SMILES string of the molecule is CCOC(=O)c1cc(C#N)c(=O)[nH]c1/C=C/c1ccccc1F. The molecule has 0 fully saturated rings. The van der Waals surface area contributed by atoms with Gasteiger partial charge in [-0.2, -0.15) is 5.26 Å². The van der Waals surface area contributed by atoms with Crippen molar-refractivity contribution in [3.8, 4) is 6.07 Å². The maximum absolute atomic E-state index is 13.6. The van der Waals surface area contributed by atoms with E-state index in [4.69, 9.17) is 10.00 Å². The average molecular weight is 312 g/mol. The van der Waals surface area contributed by atoms with Gasteiger partial charge in [-0.05, 0) is 31.2 Å². The van der Waals surface area contributed by atoms with E-state index in [9.17, 15) is 14.0 Å². The van der Waals surface area contributed by atoms with Crippen molar-refractivity contribution < 1.29 is 13.9 Å². The predicted molar refractivity (Wildman–Crippen MR) is 83.1 cm³/mol. The fourth-order valence-corrected chi connectivity index (χ4v) is 1.92. The van der Waals surface area contributed by atoms with Crippen LogP contribution in [0.4, 0.5) is 4.39 Å². The topological polar surface area (TPSA) is 82.9 Å². The Balaban J connectivity index is 2.51. The Morgan fingerprint density at radius 1 is 1.39 bits per heavy atom. The Labute approximate surface area is 131 Å². The Kier molecular flexibility index (Phi) is 5.05. The smallest absolute Gasteiger partial charge is 0.340 e. The molecule has 0 aliphatic heterocycles. The molecule has 0 amide bonds. The van der Waals surface area contributed by atoms with E-state index in [2.05, 4.69) is 4.98 Å². The minimum atomic E-state index is -0.673. The second-order valence-electron chi connectivity index (χ2n) is 4.53. The highest BCUT2D eigenvalue weighted by Crippen LogP contribution is 2.14. The first-order chi connectivity index (χ1) is 11.1. The van der Waals surface area contributed by atoms with Crippen molar-refractivity contribution in [1.29, 1.82) is 5.26 Å². The number of esters is 1. The highest BCUT2D eigenvalue weighted by Gasteiger charge is 2.15. The quantitative estimate of drug-likeness (QED) is 0.880. The molecule has 1 aromatic carbocycles. The van der Waals surface area contributed by atoms with Crippen LogP contribution in [0.1, 0.15) is 34.1 Å². The van der Waals surface area contributed by atoms with Gasteiger partial charge in [0, 0.05) is 5.56 Å². The molecule has 1 aromatic heterocycles. The normalized spacial score (nSPS) is 10.5. The van der Waals surface area contributed by atoms with Crippen LogP contribution in [-0.4, -0.2) is 17.6 Å². The molecular formula is C17H13FN2O3. The average Bonchev–Trinajstić information content (AvgIpc) is 2.54. The summed E-state index contributed by atoms with van der Waals surface area (Å²) in [6.07, 6.45) is 2.82. The number of H-pyrrole nitrogens is 1. The summed E-state index contributed by atoms with van der Waals surface area (Å²) in [5.41, 5.74) is -0.344. The standard InChI is InChI=1S/C17H13FN2O3/c1-2-23-17(22)13-9-12(10-19)16(21)20-15(13)8-7-11-5-3-4-6-14(11)18/h3-9H,2H2,1H3,(H,20,21)/b8-7+. The first-order valence-electron chi connectivity index (χ1n) is 6.84. The van der Waals surface area contributed by atoms with Crippen LogP contribution >= 0.6 is 0 Å². The second kappa shape index (κ2) is 7.18. The van der Waals surface area contributed by atoms with E-state index in [-0.39, 0.29) is 23.4 Å². The summed E-state index contributed by atoms with van der Waals surface area (Å²) in [6.45, 7) is 1.79. The highest BCUT2D eigenvalue weighted by atomic mass is 19.1. The molecule has 0 radical (unpaired) electrons. The lowest BCUT2D eigenvalue weighted by molar-refractivity contribution is 0.0525. The Morgan fingerprint density at radius 2 is 2.13 bits per heavy atom. The number of carbonyl (C=O) groups excluding carboxylic acids is 1. The summed E-state index contributed by atoms with van der Waals surface area (Å²) in [4.78, 5) is 26.1. The van der Waals surface area contributed by atoms with Crippen LogP contribution in [0, 0.1) is 17.1 Å². The molecule has 0 atom stereocenters. The van der Waals surface area contributed by atoms with Crippen LogP contribution in [0.2, 0.25) is 0 Å². The number of aromatic nitrogens is 1. The van der Waals surface area contributed by atoms with Crippen LogP contribution in [0.5, 0.6) is 0 Å². The van der Waals surface area contributed by atoms with E-state index in [1.165, 1.54) is 18.2 Å². The van der Waals surface area contributed by atoms with Crippen LogP contribution in [0.25, 0.3) is 12.2 Å². The van der Waals surface area contributed by atoms with Gasteiger partial charge in [-0.25, -0.2) is 9.18 Å². The van der Waals surface area contributed by atoms with Gasteiger partial charge in [-0.1, -0.05) is 18.2 Å². The first kappa shape index (κ1) is 16.2. The van der Waals surface area contributed by atoms with Gasteiger partial charge in [0.1, 0.15) is 17.4 Å². The van der Waals surface area contributed by atoms with Gasteiger partial charge in [0.15, 0.2) is 0 Å². The van der Waals surface area contributed by atoms with Crippen LogP contribution < -0.4 is 5.56 Å². The fraction of sp³-hybridized carbons (Fsp3) is 0.118. The molecule has 0 aliphatic rings. The molecule has 0 aliphatic carbocycles. The summed E-state index contributed by atoms with van der Waals surface area (Å²) in [5.74, 6) is -1.11. The molecule has 23 heavy (non-hydrogen) atoms.